The van der Waals surface area contributed by atoms with Gasteiger partial charge in [-0.15, -0.1) is 0 Å². The summed E-state index contributed by atoms with van der Waals surface area (Å²) in [4.78, 5) is 2.29. The molecule has 1 aromatic rings. The summed E-state index contributed by atoms with van der Waals surface area (Å²) in [5.41, 5.74) is 1.25. The first-order chi connectivity index (χ1) is 7.58. The second-order valence-electron chi connectivity index (χ2n) is 4.60. The van der Waals surface area contributed by atoms with E-state index in [0.717, 1.165) is 32.4 Å². The van der Waals surface area contributed by atoms with Gasteiger partial charge in [0.15, 0.2) is 0 Å². The molecule has 0 amide bonds. The van der Waals surface area contributed by atoms with Crippen molar-refractivity contribution in [2.24, 2.45) is 7.05 Å². The van der Waals surface area contributed by atoms with Gasteiger partial charge in [0.1, 0.15) is 0 Å². The van der Waals surface area contributed by atoms with Crippen LogP contribution in [-0.2, 0) is 13.6 Å². The molecule has 0 aliphatic rings. The van der Waals surface area contributed by atoms with Crippen LogP contribution in [0.5, 0.6) is 0 Å². The molecule has 1 aromatic heterocycles. The molecule has 0 saturated heterocycles. The molecule has 1 heterocycles. The van der Waals surface area contributed by atoms with Crippen LogP contribution >= 0.6 is 0 Å². The third kappa shape index (κ3) is 5.28. The molecule has 0 saturated carbocycles. The Hall–Kier alpha value is -0.870. The quantitative estimate of drug-likeness (QED) is 0.713. The van der Waals surface area contributed by atoms with Crippen LogP contribution in [0.2, 0.25) is 0 Å². The van der Waals surface area contributed by atoms with Crippen LogP contribution in [0.1, 0.15) is 31.7 Å². The fourth-order valence-corrected chi connectivity index (χ4v) is 1.77. The average molecular weight is 225 g/mol. The van der Waals surface area contributed by atoms with Crippen molar-refractivity contribution in [1.82, 2.24) is 14.7 Å². The maximum Gasteiger partial charge on any atom is 0.0534 e. The van der Waals surface area contributed by atoms with Gasteiger partial charge in [-0.3, -0.25) is 4.68 Å². The predicted molar refractivity (Wildman–Crippen MR) is 65.1 cm³/mol. The second kappa shape index (κ2) is 6.66. The van der Waals surface area contributed by atoms with Crippen LogP contribution in [0.4, 0.5) is 0 Å². The van der Waals surface area contributed by atoms with Crippen molar-refractivity contribution in [2.75, 3.05) is 13.6 Å². The number of nitrogens with zero attached hydrogens (tertiary/aromatic N) is 3. The first-order valence-electron chi connectivity index (χ1n) is 5.92. The van der Waals surface area contributed by atoms with E-state index in [1.54, 1.807) is 0 Å². The summed E-state index contributed by atoms with van der Waals surface area (Å²) in [5, 5.41) is 13.3. The van der Waals surface area contributed by atoms with Gasteiger partial charge in [0.25, 0.3) is 0 Å². The fourth-order valence-electron chi connectivity index (χ4n) is 1.77. The maximum atomic E-state index is 9.13. The Balaban J connectivity index is 2.13. The highest BCUT2D eigenvalue weighted by Crippen LogP contribution is 2.05. The summed E-state index contributed by atoms with van der Waals surface area (Å²) in [6, 6.07) is 0. The molecule has 16 heavy (non-hydrogen) atoms. The molecule has 92 valence electrons. The minimum absolute atomic E-state index is 0.163. The summed E-state index contributed by atoms with van der Waals surface area (Å²) in [6.07, 6.45) is 6.93. The van der Waals surface area contributed by atoms with Gasteiger partial charge in [0.05, 0.1) is 12.3 Å². The van der Waals surface area contributed by atoms with Gasteiger partial charge in [0, 0.05) is 25.4 Å². The topological polar surface area (TPSA) is 41.3 Å². The molecule has 4 nitrogen and oxygen atoms in total. The molecule has 0 spiro atoms. The van der Waals surface area contributed by atoms with Crippen LogP contribution in [0, 0.1) is 0 Å². The third-order valence-electron chi connectivity index (χ3n) is 2.62. The summed E-state index contributed by atoms with van der Waals surface area (Å²) >= 11 is 0. The normalized spacial score (nSPS) is 13.3. The van der Waals surface area contributed by atoms with Crippen molar-refractivity contribution in [3.8, 4) is 0 Å². The summed E-state index contributed by atoms with van der Waals surface area (Å²) in [6.45, 7) is 3.86. The minimum atomic E-state index is -0.163. The molecular formula is C12H23N3O. The number of aliphatic hydroxyl groups is 1. The van der Waals surface area contributed by atoms with Crippen molar-refractivity contribution in [2.45, 2.75) is 38.8 Å². The van der Waals surface area contributed by atoms with Gasteiger partial charge < -0.3 is 10.0 Å². The Morgan fingerprint density at radius 2 is 2.25 bits per heavy atom. The summed E-state index contributed by atoms with van der Waals surface area (Å²) < 4.78 is 1.83. The van der Waals surface area contributed by atoms with Crippen molar-refractivity contribution in [1.29, 1.82) is 0 Å². The molecular weight excluding hydrogens is 202 g/mol. The van der Waals surface area contributed by atoms with E-state index in [9.17, 15) is 0 Å². The number of hydrogen-bond acceptors (Lipinski definition) is 3. The zero-order valence-corrected chi connectivity index (χ0v) is 10.6. The highest BCUT2D eigenvalue weighted by molar-refractivity contribution is 5.02. The highest BCUT2D eigenvalue weighted by atomic mass is 16.3. The molecule has 1 unspecified atom stereocenters. The Labute approximate surface area is 97.9 Å². The molecule has 1 atom stereocenters. The van der Waals surface area contributed by atoms with E-state index in [1.807, 2.05) is 31.0 Å². The lowest BCUT2D eigenvalue weighted by Crippen LogP contribution is -2.19. The molecule has 0 bridgehead atoms. The van der Waals surface area contributed by atoms with Crippen molar-refractivity contribution in [3.63, 3.8) is 0 Å². The van der Waals surface area contributed by atoms with Gasteiger partial charge in [-0.2, -0.15) is 5.10 Å². The number of unbranched alkanes of at least 4 members (excludes halogenated alkanes) is 1. The second-order valence-corrected chi connectivity index (χ2v) is 4.60. The lowest BCUT2D eigenvalue weighted by atomic mass is 10.1. The van der Waals surface area contributed by atoms with Crippen LogP contribution in [0.25, 0.3) is 0 Å². The minimum Gasteiger partial charge on any atom is -0.393 e. The third-order valence-corrected chi connectivity index (χ3v) is 2.62. The van der Waals surface area contributed by atoms with E-state index in [1.165, 1.54) is 5.56 Å². The monoisotopic (exact) mass is 225 g/mol. The van der Waals surface area contributed by atoms with E-state index in [4.69, 9.17) is 5.11 Å². The SMILES string of the molecule is CC(O)CCCCN(C)Cc1cnn(C)c1. The fraction of sp³-hybridized carbons (Fsp3) is 0.750. The number of rotatable bonds is 7. The highest BCUT2D eigenvalue weighted by Gasteiger charge is 2.02. The molecule has 0 aliphatic carbocycles. The zero-order valence-electron chi connectivity index (χ0n) is 10.6. The largest absolute Gasteiger partial charge is 0.393 e. The van der Waals surface area contributed by atoms with Gasteiger partial charge >= 0.3 is 0 Å². The molecule has 0 radical (unpaired) electrons. The van der Waals surface area contributed by atoms with E-state index >= 15 is 0 Å². The van der Waals surface area contributed by atoms with Crippen molar-refractivity contribution in [3.05, 3.63) is 18.0 Å². The summed E-state index contributed by atoms with van der Waals surface area (Å²) in [7, 11) is 4.06. The zero-order chi connectivity index (χ0) is 12.0. The molecule has 0 fully saturated rings. The van der Waals surface area contributed by atoms with E-state index in [-0.39, 0.29) is 6.10 Å². The van der Waals surface area contributed by atoms with Gasteiger partial charge in [-0.25, -0.2) is 0 Å². The lowest BCUT2D eigenvalue weighted by Gasteiger charge is -2.15. The molecule has 4 heteroatoms. The standard InChI is InChI=1S/C12H23N3O/c1-11(16)6-4-5-7-14(2)9-12-8-13-15(3)10-12/h8,10-11,16H,4-7,9H2,1-3H3. The van der Waals surface area contributed by atoms with Crippen LogP contribution in [0.3, 0.4) is 0 Å². The van der Waals surface area contributed by atoms with Crippen LogP contribution in [-0.4, -0.2) is 39.5 Å². The number of hydrogen-bond donors (Lipinski definition) is 1. The van der Waals surface area contributed by atoms with Crippen LogP contribution < -0.4 is 0 Å². The Bertz CT molecular complexity index is 296. The maximum absolute atomic E-state index is 9.13. The summed E-state index contributed by atoms with van der Waals surface area (Å²) in [5.74, 6) is 0. The molecule has 0 aliphatic heterocycles. The van der Waals surface area contributed by atoms with E-state index in [2.05, 4.69) is 17.0 Å². The van der Waals surface area contributed by atoms with Crippen molar-refractivity contribution >= 4 is 0 Å². The molecule has 1 rings (SSSR count). The lowest BCUT2D eigenvalue weighted by molar-refractivity contribution is 0.178. The Morgan fingerprint density at radius 3 is 2.81 bits per heavy atom. The first kappa shape index (κ1) is 13.2. The molecule has 0 aromatic carbocycles. The molecule has 1 N–H and O–H groups in total. The predicted octanol–water partition coefficient (Wildman–Crippen LogP) is 1.40. The van der Waals surface area contributed by atoms with Gasteiger partial charge in [0.2, 0.25) is 0 Å². The Morgan fingerprint density at radius 1 is 1.50 bits per heavy atom. The van der Waals surface area contributed by atoms with E-state index in [0.29, 0.717) is 0 Å². The van der Waals surface area contributed by atoms with Gasteiger partial charge in [-0.1, -0.05) is 0 Å². The van der Waals surface area contributed by atoms with Crippen molar-refractivity contribution < 1.29 is 5.11 Å². The average Bonchev–Trinajstić information content (AvgIpc) is 2.58. The number of aromatic nitrogens is 2. The first-order valence-corrected chi connectivity index (χ1v) is 5.92. The number of aliphatic hydroxyl groups excluding tert-OH is 1. The van der Waals surface area contributed by atoms with E-state index < -0.39 is 0 Å². The Kier molecular flexibility index (Phi) is 5.49. The van der Waals surface area contributed by atoms with Gasteiger partial charge in [-0.05, 0) is 39.8 Å². The van der Waals surface area contributed by atoms with Crippen LogP contribution in [0.15, 0.2) is 12.4 Å². The smallest absolute Gasteiger partial charge is 0.0534 e. The number of aryl methyl sites for hydroxylation is 1.